The van der Waals surface area contributed by atoms with Crippen LogP contribution in [-0.2, 0) is 0 Å². The molecule has 2 N–H and O–H groups in total. The van der Waals surface area contributed by atoms with Gasteiger partial charge in [-0.05, 0) is 18.7 Å². The first-order valence-corrected chi connectivity index (χ1v) is 6.01. The van der Waals surface area contributed by atoms with E-state index in [-0.39, 0.29) is 5.78 Å². The molecule has 0 aliphatic rings. The lowest BCUT2D eigenvalue weighted by Crippen LogP contribution is -2.07. The topological polar surface area (TPSA) is 43.1 Å². The Kier molecular flexibility index (Phi) is 4.85. The van der Waals surface area contributed by atoms with Gasteiger partial charge in [-0.2, -0.15) is 0 Å². The largest absolute Gasteiger partial charge is 0.330 e. The molecule has 2 nitrogen and oxygen atoms in total. The second-order valence-electron chi connectivity index (χ2n) is 3.65. The first kappa shape index (κ1) is 12.3. The van der Waals surface area contributed by atoms with Crippen molar-refractivity contribution >= 4 is 17.5 Å². The highest BCUT2D eigenvalue weighted by Crippen LogP contribution is 2.23. The zero-order valence-electron chi connectivity index (χ0n) is 9.19. The monoisotopic (exact) mass is 223 g/mol. The number of ketones is 1. The molecule has 0 saturated carbocycles. The summed E-state index contributed by atoms with van der Waals surface area (Å²) >= 11 is 1.80. The number of thioether (sulfide) groups is 1. The summed E-state index contributed by atoms with van der Waals surface area (Å²) in [4.78, 5) is 12.7. The number of hydrogen-bond donors (Lipinski definition) is 1. The van der Waals surface area contributed by atoms with Crippen LogP contribution in [0.1, 0.15) is 30.6 Å². The van der Waals surface area contributed by atoms with E-state index in [0.29, 0.717) is 18.2 Å². The zero-order chi connectivity index (χ0) is 11.3. The number of benzene rings is 1. The molecule has 0 aliphatic carbocycles. The number of carbonyl (C=O) groups is 1. The fourth-order valence-corrected chi connectivity index (χ4v) is 2.10. The molecule has 1 aromatic carbocycles. The lowest BCUT2D eigenvalue weighted by molar-refractivity contribution is 0.0985. The van der Waals surface area contributed by atoms with Gasteiger partial charge in [-0.1, -0.05) is 26.0 Å². The van der Waals surface area contributed by atoms with E-state index in [0.717, 1.165) is 5.56 Å². The predicted molar refractivity (Wildman–Crippen MR) is 65.4 cm³/mol. The number of carbonyl (C=O) groups excluding carboxylic acids is 1. The smallest absolute Gasteiger partial charge is 0.164 e. The van der Waals surface area contributed by atoms with Gasteiger partial charge in [-0.15, -0.1) is 11.8 Å². The Morgan fingerprint density at radius 1 is 1.33 bits per heavy atom. The molecule has 0 aliphatic heterocycles. The molecule has 0 fully saturated rings. The van der Waals surface area contributed by atoms with Gasteiger partial charge in [-0.25, -0.2) is 0 Å². The van der Waals surface area contributed by atoms with E-state index in [1.807, 2.05) is 24.3 Å². The minimum Gasteiger partial charge on any atom is -0.330 e. The zero-order valence-corrected chi connectivity index (χ0v) is 10.0. The molecule has 0 spiro atoms. The van der Waals surface area contributed by atoms with Crippen molar-refractivity contribution in [1.82, 2.24) is 0 Å². The Morgan fingerprint density at radius 3 is 2.40 bits per heavy atom. The van der Waals surface area contributed by atoms with Gasteiger partial charge in [0.2, 0.25) is 0 Å². The summed E-state index contributed by atoms with van der Waals surface area (Å²) in [5, 5.41) is 0.565. The maximum Gasteiger partial charge on any atom is 0.164 e. The number of nitrogens with two attached hydrogens (primary N) is 1. The summed E-state index contributed by atoms with van der Waals surface area (Å²) < 4.78 is 0. The predicted octanol–water partition coefficient (Wildman–Crippen LogP) is 2.72. The lowest BCUT2D eigenvalue weighted by atomic mass is 10.1. The molecule has 3 heteroatoms. The quantitative estimate of drug-likeness (QED) is 0.616. The van der Waals surface area contributed by atoms with Crippen LogP contribution in [0.5, 0.6) is 0 Å². The number of hydrogen-bond acceptors (Lipinski definition) is 3. The third-order valence-electron chi connectivity index (χ3n) is 1.92. The van der Waals surface area contributed by atoms with Crippen LogP contribution in [0.3, 0.4) is 0 Å². The molecule has 0 unspecified atom stereocenters. The lowest BCUT2D eigenvalue weighted by Gasteiger charge is -2.05. The molecule has 1 aromatic rings. The summed E-state index contributed by atoms with van der Waals surface area (Å²) in [7, 11) is 0. The van der Waals surface area contributed by atoms with Crippen LogP contribution in [0, 0.1) is 0 Å². The van der Waals surface area contributed by atoms with E-state index in [9.17, 15) is 4.79 Å². The molecule has 0 amide bonds. The summed E-state index contributed by atoms with van der Waals surface area (Å²) in [5.74, 6) is 0.124. The molecule has 0 saturated heterocycles. The highest BCUT2D eigenvalue weighted by molar-refractivity contribution is 7.99. The first-order valence-electron chi connectivity index (χ1n) is 5.13. The Morgan fingerprint density at radius 2 is 1.93 bits per heavy atom. The van der Waals surface area contributed by atoms with Gasteiger partial charge in [0.05, 0.1) is 0 Å². The van der Waals surface area contributed by atoms with E-state index in [4.69, 9.17) is 5.73 Å². The molecule has 0 radical (unpaired) electrons. The summed E-state index contributed by atoms with van der Waals surface area (Å²) in [6.45, 7) is 4.72. The van der Waals surface area contributed by atoms with Crippen molar-refractivity contribution in [3.05, 3.63) is 29.8 Å². The Hall–Kier alpha value is -0.800. The maximum atomic E-state index is 11.5. The molecular weight excluding hydrogens is 206 g/mol. The molecule has 15 heavy (non-hydrogen) atoms. The number of Topliss-reactive ketones (excluding diaryl/α,β-unsaturated/α-hetero) is 1. The highest BCUT2D eigenvalue weighted by Gasteiger charge is 2.04. The van der Waals surface area contributed by atoms with Crippen LogP contribution in [0.15, 0.2) is 29.2 Å². The van der Waals surface area contributed by atoms with Crippen LogP contribution in [0.2, 0.25) is 0 Å². The molecule has 82 valence electrons. The van der Waals surface area contributed by atoms with Crippen LogP contribution >= 0.6 is 11.8 Å². The van der Waals surface area contributed by atoms with Crippen molar-refractivity contribution in [1.29, 1.82) is 0 Å². The Balaban J connectivity index is 2.67. The van der Waals surface area contributed by atoms with Gasteiger partial charge in [0.25, 0.3) is 0 Å². The average Bonchev–Trinajstić information content (AvgIpc) is 2.18. The van der Waals surface area contributed by atoms with Gasteiger partial charge >= 0.3 is 0 Å². The molecule has 0 atom stereocenters. The number of rotatable bonds is 5. The van der Waals surface area contributed by atoms with E-state index in [2.05, 4.69) is 13.8 Å². The van der Waals surface area contributed by atoms with E-state index in [1.54, 1.807) is 11.8 Å². The summed E-state index contributed by atoms with van der Waals surface area (Å²) in [5.41, 5.74) is 6.10. The molecule has 0 heterocycles. The van der Waals surface area contributed by atoms with Gasteiger partial charge < -0.3 is 5.73 Å². The van der Waals surface area contributed by atoms with Crippen LogP contribution in [0.4, 0.5) is 0 Å². The van der Waals surface area contributed by atoms with Crippen molar-refractivity contribution in [3.8, 4) is 0 Å². The summed E-state index contributed by atoms with van der Waals surface area (Å²) in [6, 6.07) is 7.74. The van der Waals surface area contributed by atoms with E-state index in [1.165, 1.54) is 4.90 Å². The fourth-order valence-electron chi connectivity index (χ4n) is 1.27. The Labute approximate surface area is 95.2 Å². The van der Waals surface area contributed by atoms with Gasteiger partial charge in [0, 0.05) is 22.1 Å². The van der Waals surface area contributed by atoms with Crippen molar-refractivity contribution in [2.75, 3.05) is 6.54 Å². The normalized spacial score (nSPS) is 10.7. The van der Waals surface area contributed by atoms with Crippen LogP contribution in [-0.4, -0.2) is 17.6 Å². The summed E-state index contributed by atoms with van der Waals surface area (Å²) in [6.07, 6.45) is 0.427. The fraction of sp³-hybridized carbons (Fsp3) is 0.417. The van der Waals surface area contributed by atoms with Crippen molar-refractivity contribution in [2.24, 2.45) is 5.73 Å². The molecule has 0 aromatic heterocycles. The second kappa shape index (κ2) is 5.93. The minimum absolute atomic E-state index is 0.124. The third-order valence-corrected chi connectivity index (χ3v) is 2.94. The maximum absolute atomic E-state index is 11.5. The van der Waals surface area contributed by atoms with Gasteiger partial charge in [0.1, 0.15) is 0 Å². The van der Waals surface area contributed by atoms with Crippen LogP contribution < -0.4 is 5.73 Å². The second-order valence-corrected chi connectivity index (χ2v) is 5.30. The average molecular weight is 223 g/mol. The first-order chi connectivity index (χ1) is 7.13. The standard InChI is InChI=1S/C12H17NOS/c1-9(2)15-11-5-3-10(4-6-11)12(14)7-8-13/h3-6,9H,7-8,13H2,1-2H3. The van der Waals surface area contributed by atoms with Crippen molar-refractivity contribution < 1.29 is 4.79 Å². The van der Waals surface area contributed by atoms with Gasteiger partial charge in [-0.3, -0.25) is 4.79 Å². The molecular formula is C12H17NOS. The van der Waals surface area contributed by atoms with E-state index < -0.39 is 0 Å². The van der Waals surface area contributed by atoms with Crippen molar-refractivity contribution in [3.63, 3.8) is 0 Å². The van der Waals surface area contributed by atoms with E-state index >= 15 is 0 Å². The third kappa shape index (κ3) is 4.06. The Bertz CT molecular complexity index is 319. The highest BCUT2D eigenvalue weighted by atomic mass is 32.2. The SMILES string of the molecule is CC(C)Sc1ccc(C(=O)CCN)cc1. The molecule has 0 bridgehead atoms. The minimum atomic E-state index is 0.124. The van der Waals surface area contributed by atoms with Crippen molar-refractivity contribution in [2.45, 2.75) is 30.4 Å². The van der Waals surface area contributed by atoms with Gasteiger partial charge in [0.15, 0.2) is 5.78 Å². The van der Waals surface area contributed by atoms with Crippen LogP contribution in [0.25, 0.3) is 0 Å². The molecule has 1 rings (SSSR count).